The molecule has 1 heterocycles. The van der Waals surface area contributed by atoms with Crippen molar-refractivity contribution in [2.45, 2.75) is 33.2 Å². The highest BCUT2D eigenvalue weighted by molar-refractivity contribution is 8.18. The van der Waals surface area contributed by atoms with Crippen LogP contribution < -0.4 is 4.74 Å². The van der Waals surface area contributed by atoms with Gasteiger partial charge in [0.05, 0.1) is 23.7 Å². The van der Waals surface area contributed by atoms with Crippen LogP contribution >= 0.6 is 11.8 Å². The molecule has 5 rings (SSSR count). The summed E-state index contributed by atoms with van der Waals surface area (Å²) in [4.78, 5) is 21.0. The van der Waals surface area contributed by atoms with E-state index in [-0.39, 0.29) is 5.91 Å². The average molecular weight is 507 g/mol. The molecule has 4 aromatic rings. The molecule has 1 saturated heterocycles. The minimum Gasteiger partial charge on any atom is -0.493 e. The summed E-state index contributed by atoms with van der Waals surface area (Å²) < 4.78 is 6.06. The molecular weight excluding hydrogens is 476 g/mol. The Bertz CT molecular complexity index is 1460. The summed E-state index contributed by atoms with van der Waals surface area (Å²) in [5, 5.41) is 2.81. The number of nitrogens with zero attached hydrogens (tertiary/aromatic N) is 2. The lowest BCUT2D eigenvalue weighted by Crippen LogP contribution is -2.28. The van der Waals surface area contributed by atoms with E-state index in [0.29, 0.717) is 23.2 Å². The van der Waals surface area contributed by atoms with E-state index in [9.17, 15) is 4.79 Å². The van der Waals surface area contributed by atoms with Crippen molar-refractivity contribution in [3.8, 4) is 5.75 Å². The number of amides is 1. The second-order valence-electron chi connectivity index (χ2n) is 9.12. The fraction of sp³-hybridized carbons (Fsp3) is 0.188. The van der Waals surface area contributed by atoms with Gasteiger partial charge in [0.25, 0.3) is 5.91 Å². The standard InChI is InChI=1S/C32H30N2O2S/c1-3-4-20-36-29-19-16-25(27-12-8-9-13-28(27)29)21-30-31(35)34(22-24-10-6-5-7-11-24)32(37-30)33-26-17-14-23(2)15-18-26/h5-19,21H,3-4,20,22H2,1-2H3/b30-21+,33-32?. The third kappa shape index (κ3) is 5.78. The number of fused-ring (bicyclic) bond motifs is 1. The molecule has 0 saturated carbocycles. The molecule has 0 bridgehead atoms. The molecule has 1 aliphatic rings. The van der Waals surface area contributed by atoms with Gasteiger partial charge in [0.2, 0.25) is 0 Å². The summed E-state index contributed by atoms with van der Waals surface area (Å²) >= 11 is 1.43. The van der Waals surface area contributed by atoms with E-state index in [0.717, 1.165) is 46.2 Å². The zero-order valence-corrected chi connectivity index (χ0v) is 22.0. The molecule has 1 amide bonds. The van der Waals surface area contributed by atoms with Gasteiger partial charge in [-0.25, -0.2) is 4.99 Å². The van der Waals surface area contributed by atoms with E-state index in [1.807, 2.05) is 84.9 Å². The van der Waals surface area contributed by atoms with Crippen LogP contribution in [0.4, 0.5) is 5.69 Å². The number of thioether (sulfide) groups is 1. The largest absolute Gasteiger partial charge is 0.493 e. The molecule has 0 aliphatic carbocycles. The van der Waals surface area contributed by atoms with Crippen LogP contribution in [-0.2, 0) is 11.3 Å². The summed E-state index contributed by atoms with van der Waals surface area (Å²) in [7, 11) is 0. The van der Waals surface area contributed by atoms with E-state index in [1.165, 1.54) is 17.3 Å². The van der Waals surface area contributed by atoms with E-state index in [2.05, 4.69) is 26.0 Å². The molecule has 0 radical (unpaired) electrons. The monoisotopic (exact) mass is 506 g/mol. The first-order chi connectivity index (χ1) is 18.1. The van der Waals surface area contributed by atoms with Gasteiger partial charge in [0.15, 0.2) is 5.17 Å². The lowest BCUT2D eigenvalue weighted by atomic mass is 10.0. The Morgan fingerprint density at radius 2 is 1.62 bits per heavy atom. The molecule has 5 heteroatoms. The van der Waals surface area contributed by atoms with Crippen LogP contribution in [0.25, 0.3) is 16.8 Å². The Morgan fingerprint density at radius 1 is 0.892 bits per heavy atom. The van der Waals surface area contributed by atoms with Crippen LogP contribution in [0.3, 0.4) is 0 Å². The fourth-order valence-corrected chi connectivity index (χ4v) is 5.23. The average Bonchev–Trinajstić information content (AvgIpc) is 3.20. The molecular formula is C32H30N2O2S. The number of carbonyl (C=O) groups excluding carboxylic acids is 1. The third-order valence-electron chi connectivity index (χ3n) is 6.29. The fourth-order valence-electron chi connectivity index (χ4n) is 4.24. The zero-order chi connectivity index (χ0) is 25.6. The maximum absolute atomic E-state index is 13.7. The van der Waals surface area contributed by atoms with Gasteiger partial charge in [0.1, 0.15) is 5.75 Å². The maximum Gasteiger partial charge on any atom is 0.267 e. The van der Waals surface area contributed by atoms with Gasteiger partial charge in [-0.2, -0.15) is 0 Å². The van der Waals surface area contributed by atoms with Crippen LogP contribution in [0, 0.1) is 6.92 Å². The molecule has 0 spiro atoms. The number of benzene rings is 4. The summed E-state index contributed by atoms with van der Waals surface area (Å²) in [5.41, 5.74) is 4.06. The van der Waals surface area contributed by atoms with E-state index in [4.69, 9.17) is 9.73 Å². The number of unbranched alkanes of at least 4 members (excludes halogenated alkanes) is 1. The number of amidine groups is 1. The quantitative estimate of drug-likeness (QED) is 0.179. The molecule has 4 nitrogen and oxygen atoms in total. The van der Waals surface area contributed by atoms with Crippen molar-refractivity contribution < 1.29 is 9.53 Å². The first kappa shape index (κ1) is 24.8. The van der Waals surface area contributed by atoms with E-state index in [1.54, 1.807) is 4.90 Å². The second-order valence-corrected chi connectivity index (χ2v) is 10.1. The van der Waals surface area contributed by atoms with E-state index < -0.39 is 0 Å². The van der Waals surface area contributed by atoms with Gasteiger partial charge in [-0.15, -0.1) is 0 Å². The number of ether oxygens (including phenoxy) is 1. The second kappa shape index (κ2) is 11.5. The van der Waals surface area contributed by atoms with Crippen molar-refractivity contribution in [2.75, 3.05) is 6.61 Å². The normalized spacial score (nSPS) is 15.7. The lowest BCUT2D eigenvalue weighted by Gasteiger charge is -2.15. The van der Waals surface area contributed by atoms with Crippen molar-refractivity contribution in [2.24, 2.45) is 4.99 Å². The number of hydrogen-bond donors (Lipinski definition) is 0. The molecule has 37 heavy (non-hydrogen) atoms. The Labute approximate surface area is 222 Å². The molecule has 0 atom stereocenters. The molecule has 0 aromatic heterocycles. The zero-order valence-electron chi connectivity index (χ0n) is 21.2. The Balaban J connectivity index is 1.51. The Morgan fingerprint density at radius 3 is 2.38 bits per heavy atom. The van der Waals surface area contributed by atoms with Crippen molar-refractivity contribution in [3.05, 3.63) is 113 Å². The summed E-state index contributed by atoms with van der Waals surface area (Å²) in [6, 6.07) is 30.4. The summed E-state index contributed by atoms with van der Waals surface area (Å²) in [5.74, 6) is 0.844. The molecule has 1 fully saturated rings. The number of hydrogen-bond acceptors (Lipinski definition) is 4. The van der Waals surface area contributed by atoms with Crippen molar-refractivity contribution in [1.82, 2.24) is 4.90 Å². The van der Waals surface area contributed by atoms with Gasteiger partial charge in [0, 0.05) is 5.39 Å². The maximum atomic E-state index is 13.7. The van der Waals surface area contributed by atoms with Crippen LogP contribution in [0.2, 0.25) is 0 Å². The van der Waals surface area contributed by atoms with Gasteiger partial charge in [-0.1, -0.05) is 91.7 Å². The van der Waals surface area contributed by atoms with Crippen LogP contribution in [0.5, 0.6) is 5.75 Å². The number of aliphatic imine (C=N–C) groups is 1. The van der Waals surface area contributed by atoms with Gasteiger partial charge in [-0.05, 0) is 65.9 Å². The lowest BCUT2D eigenvalue weighted by molar-refractivity contribution is -0.122. The highest BCUT2D eigenvalue weighted by atomic mass is 32.2. The Kier molecular flexibility index (Phi) is 7.71. The SMILES string of the molecule is CCCCOc1ccc(/C=C2/SC(=Nc3ccc(C)cc3)N(Cc3ccccc3)C2=O)c2ccccc12. The van der Waals surface area contributed by atoms with Crippen LogP contribution in [-0.4, -0.2) is 22.6 Å². The molecule has 0 N–H and O–H groups in total. The third-order valence-corrected chi connectivity index (χ3v) is 7.30. The molecule has 4 aromatic carbocycles. The van der Waals surface area contributed by atoms with Crippen molar-refractivity contribution in [3.63, 3.8) is 0 Å². The first-order valence-electron chi connectivity index (χ1n) is 12.7. The van der Waals surface area contributed by atoms with Gasteiger partial charge >= 0.3 is 0 Å². The molecule has 186 valence electrons. The van der Waals surface area contributed by atoms with E-state index >= 15 is 0 Å². The predicted molar refractivity (Wildman–Crippen MR) is 155 cm³/mol. The number of carbonyl (C=O) groups is 1. The van der Waals surface area contributed by atoms with Crippen LogP contribution in [0.1, 0.15) is 36.5 Å². The number of aryl methyl sites for hydroxylation is 1. The molecule has 0 unspecified atom stereocenters. The highest BCUT2D eigenvalue weighted by Gasteiger charge is 2.33. The van der Waals surface area contributed by atoms with Gasteiger partial charge in [-0.3, -0.25) is 9.69 Å². The highest BCUT2D eigenvalue weighted by Crippen LogP contribution is 2.37. The number of rotatable bonds is 8. The minimum atomic E-state index is -0.0351. The summed E-state index contributed by atoms with van der Waals surface area (Å²) in [6.07, 6.45) is 4.10. The Hall–Kier alpha value is -3.83. The topological polar surface area (TPSA) is 41.9 Å². The smallest absolute Gasteiger partial charge is 0.267 e. The molecule has 1 aliphatic heterocycles. The predicted octanol–water partition coefficient (Wildman–Crippen LogP) is 8.13. The first-order valence-corrected chi connectivity index (χ1v) is 13.5. The van der Waals surface area contributed by atoms with Crippen molar-refractivity contribution in [1.29, 1.82) is 0 Å². The minimum absolute atomic E-state index is 0.0351. The van der Waals surface area contributed by atoms with Crippen molar-refractivity contribution >= 4 is 45.4 Å². The summed E-state index contributed by atoms with van der Waals surface area (Å²) in [6.45, 7) is 5.38. The van der Waals surface area contributed by atoms with Crippen LogP contribution in [0.15, 0.2) is 101 Å². The van der Waals surface area contributed by atoms with Gasteiger partial charge < -0.3 is 4.74 Å².